The van der Waals surface area contributed by atoms with Crippen molar-refractivity contribution in [1.82, 2.24) is 24.4 Å². The molecule has 0 fully saturated rings. The van der Waals surface area contributed by atoms with Crippen molar-refractivity contribution in [1.29, 1.82) is 0 Å². The molecule has 170 valence electrons. The summed E-state index contributed by atoms with van der Waals surface area (Å²) in [5.74, 6) is -0.517. The highest BCUT2D eigenvalue weighted by molar-refractivity contribution is 6.09. The number of carbonyl (C=O) groups excluding carboxylic acids is 1. The van der Waals surface area contributed by atoms with E-state index in [4.69, 9.17) is 0 Å². The van der Waals surface area contributed by atoms with Gasteiger partial charge in [-0.2, -0.15) is 0 Å². The minimum absolute atomic E-state index is 0.182. The van der Waals surface area contributed by atoms with Crippen molar-refractivity contribution < 1.29 is 9.90 Å². The van der Waals surface area contributed by atoms with Crippen LogP contribution < -0.4 is 0 Å². The average molecular weight is 452 g/mol. The third kappa shape index (κ3) is 3.20. The van der Waals surface area contributed by atoms with Crippen molar-refractivity contribution in [2.75, 3.05) is 6.54 Å². The van der Waals surface area contributed by atoms with Gasteiger partial charge < -0.3 is 24.5 Å². The number of aryl methyl sites for hydroxylation is 2. The zero-order valence-electron chi connectivity index (χ0n) is 18.8. The fourth-order valence-electron chi connectivity index (χ4n) is 5.11. The van der Waals surface area contributed by atoms with Crippen LogP contribution in [0.25, 0.3) is 27.4 Å². The van der Waals surface area contributed by atoms with Gasteiger partial charge in [0.15, 0.2) is 5.76 Å². The number of aliphatic hydroxyl groups excluding tert-OH is 1. The first-order valence-corrected chi connectivity index (χ1v) is 11.5. The van der Waals surface area contributed by atoms with Gasteiger partial charge in [0.1, 0.15) is 0 Å². The molecular formula is C27H25N5O2. The molecule has 7 nitrogen and oxygen atoms in total. The van der Waals surface area contributed by atoms with Crippen LogP contribution in [0, 0.1) is 6.92 Å². The van der Waals surface area contributed by atoms with Crippen LogP contribution in [0.15, 0.2) is 79.3 Å². The van der Waals surface area contributed by atoms with Crippen molar-refractivity contribution in [2.24, 2.45) is 0 Å². The van der Waals surface area contributed by atoms with Crippen LogP contribution >= 0.6 is 0 Å². The summed E-state index contributed by atoms with van der Waals surface area (Å²) in [6.45, 7) is 3.31. The van der Waals surface area contributed by atoms with Gasteiger partial charge in [-0.15, -0.1) is 0 Å². The standard InChI is InChI=1S/C27H25N5O2/c1-17-7-8-19-21(15-30-23(19)13-17)25-24(20-14-29-22-6-3-2-5-18(20)22)26(33)27(34)32(25)11-4-10-31-12-9-28-16-31/h2-3,5-9,12-16,25,29-30,33H,4,10-11H2,1H3. The van der Waals surface area contributed by atoms with Gasteiger partial charge in [-0.25, -0.2) is 4.98 Å². The van der Waals surface area contributed by atoms with Gasteiger partial charge in [0.25, 0.3) is 5.91 Å². The number of amides is 1. The molecule has 34 heavy (non-hydrogen) atoms. The maximum atomic E-state index is 13.4. The van der Waals surface area contributed by atoms with Gasteiger partial charge in [0, 0.05) is 76.4 Å². The Morgan fingerprint density at radius 3 is 2.74 bits per heavy atom. The summed E-state index contributed by atoms with van der Waals surface area (Å²) in [6, 6.07) is 13.8. The molecule has 0 aliphatic carbocycles. The number of nitrogens with one attached hydrogen (secondary N) is 2. The minimum Gasteiger partial charge on any atom is -0.503 e. The van der Waals surface area contributed by atoms with E-state index in [1.165, 1.54) is 0 Å². The molecule has 4 heterocycles. The SMILES string of the molecule is Cc1ccc2c(C3C(c4c[nH]c5ccccc45)=C(O)C(=O)N3CCCn3ccnc3)c[nH]c2c1. The molecule has 0 saturated carbocycles. The fourth-order valence-corrected chi connectivity index (χ4v) is 5.11. The smallest absolute Gasteiger partial charge is 0.289 e. The van der Waals surface area contributed by atoms with E-state index in [1.54, 1.807) is 17.4 Å². The molecule has 3 N–H and O–H groups in total. The Balaban J connectivity index is 1.46. The topological polar surface area (TPSA) is 89.9 Å². The van der Waals surface area contributed by atoms with Gasteiger partial charge in [0.05, 0.1) is 12.4 Å². The molecule has 0 radical (unpaired) electrons. The monoisotopic (exact) mass is 451 g/mol. The van der Waals surface area contributed by atoms with Gasteiger partial charge in [0.2, 0.25) is 0 Å². The lowest BCUT2D eigenvalue weighted by Gasteiger charge is -2.27. The second-order valence-corrected chi connectivity index (χ2v) is 8.86. The largest absolute Gasteiger partial charge is 0.503 e. The summed E-state index contributed by atoms with van der Waals surface area (Å²) >= 11 is 0. The number of fused-ring (bicyclic) bond motifs is 2. The summed E-state index contributed by atoms with van der Waals surface area (Å²) in [5, 5.41) is 13.2. The number of hydrogen-bond donors (Lipinski definition) is 3. The van der Waals surface area contributed by atoms with E-state index in [0.717, 1.165) is 51.5 Å². The molecule has 1 aliphatic heterocycles. The van der Waals surface area contributed by atoms with E-state index >= 15 is 0 Å². The van der Waals surface area contributed by atoms with Crippen molar-refractivity contribution in [3.8, 4) is 0 Å². The zero-order chi connectivity index (χ0) is 23.2. The highest BCUT2D eigenvalue weighted by atomic mass is 16.3. The van der Waals surface area contributed by atoms with E-state index in [1.807, 2.05) is 47.4 Å². The number of carbonyl (C=O) groups is 1. The Morgan fingerprint density at radius 1 is 1.03 bits per heavy atom. The van der Waals surface area contributed by atoms with Gasteiger partial charge in [-0.1, -0.05) is 30.3 Å². The van der Waals surface area contributed by atoms with Crippen LogP contribution in [-0.4, -0.2) is 42.0 Å². The third-order valence-electron chi connectivity index (χ3n) is 6.72. The van der Waals surface area contributed by atoms with E-state index in [0.29, 0.717) is 12.1 Å². The highest BCUT2D eigenvalue weighted by Crippen LogP contribution is 2.46. The molecule has 0 bridgehead atoms. The quantitative estimate of drug-likeness (QED) is 0.336. The highest BCUT2D eigenvalue weighted by Gasteiger charge is 2.42. The number of nitrogens with zero attached hydrogens (tertiary/aromatic N) is 3. The van der Waals surface area contributed by atoms with Crippen LogP contribution in [0.2, 0.25) is 0 Å². The average Bonchev–Trinajstić information content (AvgIpc) is 3.62. The number of H-pyrrole nitrogens is 2. The molecule has 3 aromatic heterocycles. The number of aromatic nitrogens is 4. The Morgan fingerprint density at radius 2 is 1.88 bits per heavy atom. The molecule has 0 spiro atoms. The number of para-hydroxylation sites is 1. The number of hydrogen-bond acceptors (Lipinski definition) is 3. The third-order valence-corrected chi connectivity index (χ3v) is 6.72. The number of aliphatic hydroxyl groups is 1. The first-order chi connectivity index (χ1) is 16.6. The zero-order valence-corrected chi connectivity index (χ0v) is 18.8. The Hall–Kier alpha value is -4.26. The maximum Gasteiger partial charge on any atom is 0.289 e. The summed E-state index contributed by atoms with van der Waals surface area (Å²) in [7, 11) is 0. The molecule has 7 heteroatoms. The van der Waals surface area contributed by atoms with Gasteiger partial charge in [-0.3, -0.25) is 4.79 Å². The number of aromatic amines is 2. The molecule has 2 aromatic carbocycles. The van der Waals surface area contributed by atoms with Crippen LogP contribution in [0.5, 0.6) is 0 Å². The van der Waals surface area contributed by atoms with Crippen molar-refractivity contribution in [3.63, 3.8) is 0 Å². The Kier molecular flexibility index (Phi) is 4.76. The van der Waals surface area contributed by atoms with Crippen LogP contribution in [0.1, 0.15) is 29.2 Å². The Bertz CT molecular complexity index is 1540. The predicted octanol–water partition coefficient (Wildman–Crippen LogP) is 5.10. The number of imidazole rings is 1. The molecule has 0 saturated heterocycles. The first kappa shape index (κ1) is 20.4. The fraction of sp³-hybridized carbons (Fsp3) is 0.185. The molecule has 1 unspecified atom stereocenters. The van der Waals surface area contributed by atoms with Gasteiger partial charge in [-0.05, 0) is 31.0 Å². The summed E-state index contributed by atoms with van der Waals surface area (Å²) in [6.07, 6.45) is 10.0. The second kappa shape index (κ2) is 7.95. The van der Waals surface area contributed by atoms with E-state index < -0.39 is 6.04 Å². The van der Waals surface area contributed by atoms with Gasteiger partial charge >= 0.3 is 0 Å². The predicted molar refractivity (Wildman–Crippen MR) is 132 cm³/mol. The molecule has 6 rings (SSSR count). The van der Waals surface area contributed by atoms with Crippen molar-refractivity contribution in [2.45, 2.75) is 25.9 Å². The normalized spacial score (nSPS) is 16.4. The van der Waals surface area contributed by atoms with Crippen LogP contribution in [0.3, 0.4) is 0 Å². The molecular weight excluding hydrogens is 426 g/mol. The Labute approximate surface area is 196 Å². The molecule has 1 atom stereocenters. The van der Waals surface area contributed by atoms with E-state index in [-0.39, 0.29) is 11.7 Å². The summed E-state index contributed by atoms with van der Waals surface area (Å²) in [4.78, 5) is 26.0. The van der Waals surface area contributed by atoms with Crippen LogP contribution in [0.4, 0.5) is 0 Å². The number of benzene rings is 2. The first-order valence-electron chi connectivity index (χ1n) is 11.5. The van der Waals surface area contributed by atoms with E-state index in [2.05, 4.69) is 40.1 Å². The number of rotatable bonds is 6. The summed E-state index contributed by atoms with van der Waals surface area (Å²) < 4.78 is 2.00. The molecule has 1 aliphatic rings. The van der Waals surface area contributed by atoms with Crippen molar-refractivity contribution >= 4 is 33.3 Å². The molecule has 1 amide bonds. The lowest BCUT2D eigenvalue weighted by atomic mass is 9.92. The minimum atomic E-state index is -0.397. The molecule has 5 aromatic rings. The van der Waals surface area contributed by atoms with E-state index in [9.17, 15) is 9.90 Å². The summed E-state index contributed by atoms with van der Waals surface area (Å²) in [5.41, 5.74) is 5.63. The van der Waals surface area contributed by atoms with Crippen molar-refractivity contribution in [3.05, 3.63) is 96.0 Å². The second-order valence-electron chi connectivity index (χ2n) is 8.86. The maximum absolute atomic E-state index is 13.4. The lowest BCUT2D eigenvalue weighted by molar-refractivity contribution is -0.129. The lowest BCUT2D eigenvalue weighted by Crippen LogP contribution is -2.31. The van der Waals surface area contributed by atoms with Crippen LogP contribution in [-0.2, 0) is 11.3 Å².